The van der Waals surface area contributed by atoms with Gasteiger partial charge in [-0.3, -0.25) is 0 Å². The fourth-order valence-electron chi connectivity index (χ4n) is 0.470. The Balaban J connectivity index is 2.94. The van der Waals surface area contributed by atoms with Crippen LogP contribution in [-0.4, -0.2) is 5.87 Å². The molecule has 1 nitrogen and oxygen atoms in total. The molecule has 0 aromatic heterocycles. The quantitative estimate of drug-likeness (QED) is 0.444. The zero-order valence-electron chi connectivity index (χ0n) is 4.76. The van der Waals surface area contributed by atoms with Crippen LogP contribution in [0.4, 0.5) is 0 Å². The van der Waals surface area contributed by atoms with Crippen LogP contribution in [0, 0.1) is 0 Å². The maximum absolute atomic E-state index is 3.92. The highest BCUT2D eigenvalue weighted by Gasteiger charge is 1.77. The molecular weight excluding hydrogens is 98.1 g/mol. The van der Waals surface area contributed by atoms with Gasteiger partial charge in [-0.25, -0.2) is 4.99 Å². The second-order valence-corrected chi connectivity index (χ2v) is 1.60. The van der Waals surface area contributed by atoms with E-state index in [1.807, 2.05) is 25.2 Å². The van der Waals surface area contributed by atoms with E-state index < -0.39 is 0 Å². The Morgan fingerprint density at radius 2 is 2.38 bits per heavy atom. The fraction of sp³-hybridized carbons (Fsp3) is 0.143. The van der Waals surface area contributed by atoms with E-state index in [9.17, 15) is 0 Å². The summed E-state index contributed by atoms with van der Waals surface area (Å²) in [5.74, 6) is 2.74. The number of hydrogen-bond donors (Lipinski definition) is 0. The molecule has 0 aromatic carbocycles. The molecule has 8 heavy (non-hydrogen) atoms. The largest absolute Gasteiger partial charge is 0.211 e. The molecule has 0 saturated carbocycles. The molecule has 0 radical (unpaired) electrons. The lowest BCUT2D eigenvalue weighted by molar-refractivity contribution is 1.33. The summed E-state index contributed by atoms with van der Waals surface area (Å²) in [5, 5.41) is 0. The lowest BCUT2D eigenvalue weighted by Gasteiger charge is -1.78. The van der Waals surface area contributed by atoms with Crippen LogP contribution in [0.25, 0.3) is 0 Å². The van der Waals surface area contributed by atoms with Gasteiger partial charge in [0.05, 0.1) is 0 Å². The Morgan fingerprint density at radius 3 is 3.25 bits per heavy atom. The SMILES string of the molecule is CC1=CC=CC=C=N1. The average Bonchev–Trinajstić information content (AvgIpc) is 1.94. The van der Waals surface area contributed by atoms with Gasteiger partial charge in [-0.15, -0.1) is 0 Å². The highest BCUT2D eigenvalue weighted by Crippen LogP contribution is 1.94. The van der Waals surface area contributed by atoms with Crippen molar-refractivity contribution < 1.29 is 0 Å². The van der Waals surface area contributed by atoms with Crippen molar-refractivity contribution in [2.75, 3.05) is 0 Å². The minimum Gasteiger partial charge on any atom is -0.211 e. The number of aliphatic imine (C=N–C) groups is 1. The highest BCUT2D eigenvalue weighted by molar-refractivity contribution is 5.57. The van der Waals surface area contributed by atoms with E-state index in [0.29, 0.717) is 0 Å². The summed E-state index contributed by atoms with van der Waals surface area (Å²) in [5.41, 5.74) is 0.995. The lowest BCUT2D eigenvalue weighted by atomic mass is 10.4. The molecular formula is C7H7N. The molecule has 0 bridgehead atoms. The van der Waals surface area contributed by atoms with Crippen molar-refractivity contribution in [3.63, 3.8) is 0 Å². The Bertz CT molecular complexity index is 190. The third-order valence-electron chi connectivity index (χ3n) is 0.860. The van der Waals surface area contributed by atoms with E-state index in [1.54, 1.807) is 6.08 Å². The van der Waals surface area contributed by atoms with Crippen molar-refractivity contribution in [3.05, 3.63) is 30.0 Å². The zero-order chi connectivity index (χ0) is 5.82. The molecule has 1 aliphatic rings. The van der Waals surface area contributed by atoms with Gasteiger partial charge in [-0.05, 0) is 24.9 Å². The van der Waals surface area contributed by atoms with E-state index in [1.165, 1.54) is 0 Å². The van der Waals surface area contributed by atoms with Gasteiger partial charge >= 0.3 is 0 Å². The van der Waals surface area contributed by atoms with Crippen LogP contribution in [0.1, 0.15) is 6.92 Å². The van der Waals surface area contributed by atoms with E-state index in [4.69, 9.17) is 0 Å². The zero-order valence-corrected chi connectivity index (χ0v) is 4.76. The first-order chi connectivity index (χ1) is 3.89. The van der Waals surface area contributed by atoms with Gasteiger partial charge in [0.15, 0.2) is 0 Å². The molecule has 1 aliphatic heterocycles. The van der Waals surface area contributed by atoms with Crippen molar-refractivity contribution in [3.8, 4) is 0 Å². The molecule has 1 heterocycles. The van der Waals surface area contributed by atoms with Crippen LogP contribution in [0.2, 0.25) is 0 Å². The van der Waals surface area contributed by atoms with Crippen molar-refractivity contribution in [2.24, 2.45) is 4.99 Å². The molecule has 0 saturated heterocycles. The Kier molecular flexibility index (Phi) is 1.45. The van der Waals surface area contributed by atoms with Crippen molar-refractivity contribution in [1.29, 1.82) is 0 Å². The summed E-state index contributed by atoms with van der Waals surface area (Å²) in [7, 11) is 0. The van der Waals surface area contributed by atoms with Crippen LogP contribution >= 0.6 is 0 Å². The molecule has 0 spiro atoms. The first kappa shape index (κ1) is 5.07. The summed E-state index contributed by atoms with van der Waals surface area (Å²) in [6.07, 6.45) is 7.57. The summed E-state index contributed by atoms with van der Waals surface area (Å²) in [6, 6.07) is 0. The van der Waals surface area contributed by atoms with E-state index in [-0.39, 0.29) is 0 Å². The molecule has 1 heteroatoms. The Hall–Kier alpha value is -1.07. The monoisotopic (exact) mass is 105 g/mol. The number of allylic oxidation sites excluding steroid dienone is 5. The van der Waals surface area contributed by atoms with Crippen molar-refractivity contribution in [1.82, 2.24) is 0 Å². The normalized spacial score (nSPS) is 15.9. The molecule has 0 amide bonds. The lowest BCUT2D eigenvalue weighted by Crippen LogP contribution is -1.60. The summed E-state index contributed by atoms with van der Waals surface area (Å²) in [4.78, 5) is 3.92. The predicted molar refractivity (Wildman–Crippen MR) is 34.9 cm³/mol. The maximum atomic E-state index is 3.92. The molecule has 0 aliphatic carbocycles. The smallest absolute Gasteiger partial charge is 0.0472 e. The Labute approximate surface area is 48.7 Å². The number of rotatable bonds is 0. The van der Waals surface area contributed by atoms with Gasteiger partial charge in [0, 0.05) is 5.70 Å². The molecule has 0 aromatic rings. The molecule has 0 atom stereocenters. The van der Waals surface area contributed by atoms with E-state index in [2.05, 4.69) is 10.9 Å². The molecule has 0 fully saturated rings. The summed E-state index contributed by atoms with van der Waals surface area (Å²) >= 11 is 0. The topological polar surface area (TPSA) is 12.4 Å². The van der Waals surface area contributed by atoms with Gasteiger partial charge in [0.2, 0.25) is 0 Å². The average molecular weight is 105 g/mol. The van der Waals surface area contributed by atoms with Gasteiger partial charge < -0.3 is 0 Å². The molecule has 0 N–H and O–H groups in total. The third kappa shape index (κ3) is 1.21. The molecule has 0 unspecified atom stereocenters. The van der Waals surface area contributed by atoms with Gasteiger partial charge in [-0.2, -0.15) is 0 Å². The Morgan fingerprint density at radius 1 is 1.50 bits per heavy atom. The standard InChI is InChI=1S/C7H7N/c1-7-5-3-2-4-6-8-7/h2-5H,1H3. The number of nitrogens with zero attached hydrogens (tertiary/aromatic N) is 1. The van der Waals surface area contributed by atoms with Gasteiger partial charge in [0.25, 0.3) is 0 Å². The highest BCUT2D eigenvalue weighted by atomic mass is 14.7. The van der Waals surface area contributed by atoms with Crippen molar-refractivity contribution in [2.45, 2.75) is 6.92 Å². The first-order valence-electron chi connectivity index (χ1n) is 2.52. The first-order valence-corrected chi connectivity index (χ1v) is 2.52. The summed E-state index contributed by atoms with van der Waals surface area (Å²) in [6.45, 7) is 1.94. The van der Waals surface area contributed by atoms with Crippen LogP contribution in [0.5, 0.6) is 0 Å². The minimum atomic E-state index is 0.995. The predicted octanol–water partition coefficient (Wildman–Crippen LogP) is 1.69. The van der Waals surface area contributed by atoms with Crippen LogP contribution in [0.15, 0.2) is 35.0 Å². The number of hydrogen-bond acceptors (Lipinski definition) is 1. The molecule has 1 rings (SSSR count). The van der Waals surface area contributed by atoms with Crippen LogP contribution in [0.3, 0.4) is 0 Å². The van der Waals surface area contributed by atoms with Crippen LogP contribution < -0.4 is 0 Å². The second kappa shape index (κ2) is 2.29. The summed E-state index contributed by atoms with van der Waals surface area (Å²) < 4.78 is 0. The van der Waals surface area contributed by atoms with Gasteiger partial charge in [0.1, 0.15) is 0 Å². The van der Waals surface area contributed by atoms with Gasteiger partial charge in [-0.1, -0.05) is 12.2 Å². The fourth-order valence-corrected chi connectivity index (χ4v) is 0.470. The van der Waals surface area contributed by atoms with Crippen molar-refractivity contribution >= 4 is 5.87 Å². The third-order valence-corrected chi connectivity index (χ3v) is 0.860. The molecule has 40 valence electrons. The minimum absolute atomic E-state index is 0.995. The maximum Gasteiger partial charge on any atom is 0.0472 e. The van der Waals surface area contributed by atoms with E-state index in [0.717, 1.165) is 5.70 Å². The van der Waals surface area contributed by atoms with E-state index >= 15 is 0 Å². The second-order valence-electron chi connectivity index (χ2n) is 1.60. The van der Waals surface area contributed by atoms with Crippen LogP contribution in [-0.2, 0) is 0 Å².